The molecule has 1 fully saturated rings. The normalized spacial score (nSPS) is 19.1. The highest BCUT2D eigenvalue weighted by molar-refractivity contribution is 7.89. The summed E-state index contributed by atoms with van der Waals surface area (Å²) in [6, 6.07) is 16.7. The van der Waals surface area contributed by atoms with E-state index >= 15 is 0 Å². The number of carbonyl (C=O) groups is 1. The van der Waals surface area contributed by atoms with Gasteiger partial charge in [0, 0.05) is 13.1 Å². The molecule has 1 heterocycles. The summed E-state index contributed by atoms with van der Waals surface area (Å²) >= 11 is 0. The van der Waals surface area contributed by atoms with Crippen LogP contribution in [0.15, 0.2) is 59.5 Å². The van der Waals surface area contributed by atoms with E-state index in [1.165, 1.54) is 0 Å². The molecule has 0 radical (unpaired) electrons. The molecule has 0 aromatic heterocycles. The van der Waals surface area contributed by atoms with Crippen molar-refractivity contribution in [3.8, 4) is 0 Å². The Kier molecular flexibility index (Phi) is 9.06. The lowest BCUT2D eigenvalue weighted by molar-refractivity contribution is -0.127. The molecule has 2 aromatic carbocycles. The molecular formula is C26H37N3O3S. The first-order chi connectivity index (χ1) is 15.8. The fourth-order valence-corrected chi connectivity index (χ4v) is 5.51. The first kappa shape index (κ1) is 25.4. The maximum atomic E-state index is 13.1. The van der Waals surface area contributed by atoms with Crippen LogP contribution in [0.2, 0.25) is 0 Å². The van der Waals surface area contributed by atoms with Crippen LogP contribution in [0, 0.1) is 12.8 Å². The van der Waals surface area contributed by atoms with E-state index in [-0.39, 0.29) is 28.8 Å². The second-order valence-electron chi connectivity index (χ2n) is 9.10. The van der Waals surface area contributed by atoms with Crippen molar-refractivity contribution in [1.82, 2.24) is 14.9 Å². The topological polar surface area (TPSA) is 78.5 Å². The minimum absolute atomic E-state index is 0.00746. The molecule has 3 atom stereocenters. The Hall–Kier alpha value is -2.22. The summed E-state index contributed by atoms with van der Waals surface area (Å²) in [4.78, 5) is 15.5. The number of likely N-dealkylation sites (tertiary alicyclic amines) is 1. The van der Waals surface area contributed by atoms with Crippen LogP contribution >= 0.6 is 0 Å². The van der Waals surface area contributed by atoms with Gasteiger partial charge in [0.05, 0.1) is 17.0 Å². The Morgan fingerprint density at radius 3 is 2.48 bits per heavy atom. The molecule has 0 bridgehead atoms. The number of hydrogen-bond acceptors (Lipinski definition) is 4. The highest BCUT2D eigenvalue weighted by Crippen LogP contribution is 2.22. The second-order valence-corrected chi connectivity index (χ2v) is 10.9. The van der Waals surface area contributed by atoms with Crippen molar-refractivity contribution in [3.05, 3.63) is 65.7 Å². The number of piperidine rings is 1. The van der Waals surface area contributed by atoms with E-state index in [1.807, 2.05) is 32.0 Å². The summed E-state index contributed by atoms with van der Waals surface area (Å²) in [6.07, 6.45) is 3.78. The Labute approximate surface area is 198 Å². The van der Waals surface area contributed by atoms with Gasteiger partial charge < -0.3 is 5.32 Å². The van der Waals surface area contributed by atoms with Crippen molar-refractivity contribution in [2.75, 3.05) is 19.6 Å². The molecular weight excluding hydrogens is 434 g/mol. The molecule has 3 rings (SSSR count). The van der Waals surface area contributed by atoms with Gasteiger partial charge in [-0.2, -0.15) is 0 Å². The number of nitrogens with one attached hydrogen (secondary N) is 2. The fourth-order valence-electron chi connectivity index (χ4n) is 4.40. The SMILES string of the molecule is CCCC(NC(=O)C(C)N1CCCC(CNS(=O)(=O)c2ccc(C)cc2)C1)c1ccccc1. The summed E-state index contributed by atoms with van der Waals surface area (Å²) in [7, 11) is -3.53. The summed E-state index contributed by atoms with van der Waals surface area (Å²) in [5.74, 6) is 0.202. The van der Waals surface area contributed by atoms with Crippen LogP contribution in [0.5, 0.6) is 0 Å². The minimum Gasteiger partial charge on any atom is -0.348 e. The maximum absolute atomic E-state index is 13.1. The van der Waals surface area contributed by atoms with Gasteiger partial charge in [-0.3, -0.25) is 9.69 Å². The van der Waals surface area contributed by atoms with Gasteiger partial charge in [-0.05, 0) is 63.3 Å². The summed E-state index contributed by atoms with van der Waals surface area (Å²) < 4.78 is 28.0. The number of hydrogen-bond donors (Lipinski definition) is 2. The molecule has 1 amide bonds. The number of rotatable bonds is 10. The van der Waals surface area contributed by atoms with Crippen LogP contribution in [-0.4, -0.2) is 44.9 Å². The lowest BCUT2D eigenvalue weighted by atomic mass is 9.96. The van der Waals surface area contributed by atoms with Gasteiger partial charge in [-0.15, -0.1) is 0 Å². The third kappa shape index (κ3) is 7.13. The average Bonchev–Trinajstić information content (AvgIpc) is 2.83. The van der Waals surface area contributed by atoms with Gasteiger partial charge in [-0.25, -0.2) is 13.1 Å². The molecule has 0 spiro atoms. The molecule has 180 valence electrons. The van der Waals surface area contributed by atoms with E-state index in [9.17, 15) is 13.2 Å². The van der Waals surface area contributed by atoms with Gasteiger partial charge >= 0.3 is 0 Å². The molecule has 1 aliphatic heterocycles. The largest absolute Gasteiger partial charge is 0.348 e. The van der Waals surface area contributed by atoms with Crippen molar-refractivity contribution >= 4 is 15.9 Å². The highest BCUT2D eigenvalue weighted by Gasteiger charge is 2.29. The van der Waals surface area contributed by atoms with E-state index in [4.69, 9.17) is 0 Å². The molecule has 6 nitrogen and oxygen atoms in total. The standard InChI is InChI=1S/C26H37N3O3S/c1-4-9-25(23-11-6-5-7-12-23)28-26(30)21(3)29-17-8-10-22(19-29)18-27-33(31,32)24-15-13-20(2)14-16-24/h5-7,11-16,21-22,25,27H,4,8-10,17-19H2,1-3H3,(H,28,30). The Bertz CT molecular complexity index is 993. The molecule has 33 heavy (non-hydrogen) atoms. The predicted molar refractivity (Wildman–Crippen MR) is 132 cm³/mol. The van der Waals surface area contributed by atoms with Crippen LogP contribution < -0.4 is 10.0 Å². The average molecular weight is 472 g/mol. The van der Waals surface area contributed by atoms with Crippen LogP contribution in [-0.2, 0) is 14.8 Å². The Morgan fingerprint density at radius 2 is 1.82 bits per heavy atom. The van der Waals surface area contributed by atoms with E-state index in [0.717, 1.165) is 43.4 Å². The van der Waals surface area contributed by atoms with Crippen molar-refractivity contribution < 1.29 is 13.2 Å². The van der Waals surface area contributed by atoms with E-state index in [1.54, 1.807) is 24.3 Å². The zero-order valence-corrected chi connectivity index (χ0v) is 20.8. The zero-order valence-electron chi connectivity index (χ0n) is 20.0. The second kappa shape index (κ2) is 11.8. The quantitative estimate of drug-likeness (QED) is 0.548. The van der Waals surface area contributed by atoms with Crippen LogP contribution in [0.3, 0.4) is 0 Å². The van der Waals surface area contributed by atoms with Gasteiger partial charge in [0.2, 0.25) is 15.9 Å². The Morgan fingerprint density at radius 1 is 1.12 bits per heavy atom. The molecule has 0 aliphatic carbocycles. The van der Waals surface area contributed by atoms with Crippen LogP contribution in [0.1, 0.15) is 56.7 Å². The van der Waals surface area contributed by atoms with E-state index < -0.39 is 10.0 Å². The summed E-state index contributed by atoms with van der Waals surface area (Å²) in [5.41, 5.74) is 2.15. The molecule has 2 N–H and O–H groups in total. The molecule has 3 unspecified atom stereocenters. The molecule has 7 heteroatoms. The Balaban J connectivity index is 1.56. The highest BCUT2D eigenvalue weighted by atomic mass is 32.2. The molecule has 2 aromatic rings. The molecule has 1 aliphatic rings. The van der Waals surface area contributed by atoms with Crippen molar-refractivity contribution in [2.45, 2.75) is 63.4 Å². The van der Waals surface area contributed by atoms with Crippen LogP contribution in [0.25, 0.3) is 0 Å². The lowest BCUT2D eigenvalue weighted by Gasteiger charge is -2.36. The third-order valence-corrected chi connectivity index (χ3v) is 7.91. The number of sulfonamides is 1. The van der Waals surface area contributed by atoms with Gasteiger partial charge in [0.15, 0.2) is 0 Å². The van der Waals surface area contributed by atoms with Gasteiger partial charge in [0.1, 0.15) is 0 Å². The van der Waals surface area contributed by atoms with E-state index in [0.29, 0.717) is 13.1 Å². The smallest absolute Gasteiger partial charge is 0.240 e. The van der Waals surface area contributed by atoms with Crippen molar-refractivity contribution in [2.24, 2.45) is 5.92 Å². The van der Waals surface area contributed by atoms with E-state index in [2.05, 4.69) is 34.0 Å². The minimum atomic E-state index is -3.53. The van der Waals surface area contributed by atoms with Crippen molar-refractivity contribution in [3.63, 3.8) is 0 Å². The maximum Gasteiger partial charge on any atom is 0.240 e. The lowest BCUT2D eigenvalue weighted by Crippen LogP contribution is -2.51. The first-order valence-corrected chi connectivity index (χ1v) is 13.4. The number of nitrogens with zero attached hydrogens (tertiary/aromatic N) is 1. The summed E-state index contributed by atoms with van der Waals surface area (Å²) in [6.45, 7) is 7.93. The van der Waals surface area contributed by atoms with Crippen LogP contribution in [0.4, 0.5) is 0 Å². The first-order valence-electron chi connectivity index (χ1n) is 12.0. The van der Waals surface area contributed by atoms with Gasteiger partial charge in [0.25, 0.3) is 0 Å². The number of carbonyl (C=O) groups excluding carboxylic acids is 1. The number of amides is 1. The zero-order chi connectivity index (χ0) is 23.8. The third-order valence-electron chi connectivity index (χ3n) is 6.47. The number of aryl methyl sites for hydroxylation is 1. The fraction of sp³-hybridized carbons (Fsp3) is 0.500. The van der Waals surface area contributed by atoms with Gasteiger partial charge in [-0.1, -0.05) is 61.4 Å². The molecule has 0 saturated carbocycles. The molecule has 1 saturated heterocycles. The summed E-state index contributed by atoms with van der Waals surface area (Å²) in [5, 5.41) is 3.24. The monoisotopic (exact) mass is 471 g/mol. The number of benzene rings is 2. The van der Waals surface area contributed by atoms with Crippen molar-refractivity contribution in [1.29, 1.82) is 0 Å². The predicted octanol–water partition coefficient (Wildman–Crippen LogP) is 4.03.